The summed E-state index contributed by atoms with van der Waals surface area (Å²) >= 11 is 5.91. The zero-order valence-electron chi connectivity index (χ0n) is 10.7. The zero-order chi connectivity index (χ0) is 13.1. The number of likely N-dealkylation sites (N-methyl/N-ethyl adjacent to an activating group) is 1. The van der Waals surface area contributed by atoms with Gasteiger partial charge in [0.1, 0.15) is 11.0 Å². The van der Waals surface area contributed by atoms with Gasteiger partial charge in [-0.05, 0) is 19.4 Å². The van der Waals surface area contributed by atoms with Crippen LogP contribution >= 0.6 is 11.6 Å². The van der Waals surface area contributed by atoms with Crippen molar-refractivity contribution >= 4 is 17.5 Å². The molecule has 0 spiro atoms. The molecule has 6 heteroatoms. The molecule has 1 aliphatic heterocycles. The molecule has 1 saturated heterocycles. The number of amides is 1. The van der Waals surface area contributed by atoms with Crippen LogP contribution in [-0.2, 0) is 11.3 Å². The van der Waals surface area contributed by atoms with E-state index in [1.165, 1.54) is 0 Å². The molecule has 18 heavy (non-hydrogen) atoms. The first-order chi connectivity index (χ1) is 8.54. The molecule has 98 valence electrons. The van der Waals surface area contributed by atoms with Crippen LogP contribution in [0.1, 0.15) is 17.9 Å². The predicted octanol–water partition coefficient (Wildman–Crippen LogP) is 1.10. The van der Waals surface area contributed by atoms with E-state index >= 15 is 0 Å². The monoisotopic (exact) mass is 268 g/mol. The Morgan fingerprint density at radius 1 is 1.39 bits per heavy atom. The summed E-state index contributed by atoms with van der Waals surface area (Å²) in [6.45, 7) is 4.57. The molecule has 5 nitrogen and oxygen atoms in total. The van der Waals surface area contributed by atoms with Gasteiger partial charge in [-0.1, -0.05) is 11.6 Å². The predicted molar refractivity (Wildman–Crippen MR) is 69.3 cm³/mol. The number of hydrogen-bond donors (Lipinski definition) is 0. The second-order valence-electron chi connectivity index (χ2n) is 4.63. The van der Waals surface area contributed by atoms with Gasteiger partial charge in [0.15, 0.2) is 0 Å². The lowest BCUT2D eigenvalue weighted by atomic mass is 10.3. The fraction of sp³-hybridized carbons (Fsp3) is 0.583. The van der Waals surface area contributed by atoms with Crippen LogP contribution in [0.4, 0.5) is 0 Å². The molecule has 1 amide bonds. The molecule has 0 N–H and O–H groups in total. The SMILES string of the molecule is Cc1cc(Cl)nc(CN2CCCN(C)C(=O)C2)n1. The van der Waals surface area contributed by atoms with Crippen LogP contribution in [0.3, 0.4) is 0 Å². The van der Waals surface area contributed by atoms with Crippen molar-refractivity contribution in [2.75, 3.05) is 26.7 Å². The van der Waals surface area contributed by atoms with Gasteiger partial charge in [-0.2, -0.15) is 0 Å². The Balaban J connectivity index is 2.06. The summed E-state index contributed by atoms with van der Waals surface area (Å²) in [5.41, 5.74) is 0.850. The normalized spacial score (nSPS) is 17.9. The number of carbonyl (C=O) groups is 1. The number of carbonyl (C=O) groups excluding carboxylic acids is 1. The minimum atomic E-state index is 0.145. The van der Waals surface area contributed by atoms with Gasteiger partial charge in [0.05, 0.1) is 13.1 Å². The minimum absolute atomic E-state index is 0.145. The summed E-state index contributed by atoms with van der Waals surface area (Å²) < 4.78 is 0. The summed E-state index contributed by atoms with van der Waals surface area (Å²) in [7, 11) is 1.84. The maximum atomic E-state index is 11.8. The molecule has 1 fully saturated rings. The highest BCUT2D eigenvalue weighted by Gasteiger charge is 2.19. The molecule has 0 aromatic carbocycles. The Bertz CT molecular complexity index is 431. The van der Waals surface area contributed by atoms with E-state index in [1.807, 2.05) is 14.0 Å². The largest absolute Gasteiger partial charge is 0.345 e. The average Bonchev–Trinajstić information content (AvgIpc) is 2.40. The van der Waals surface area contributed by atoms with Crippen LogP contribution < -0.4 is 0 Å². The van der Waals surface area contributed by atoms with Crippen LogP contribution in [0.25, 0.3) is 0 Å². The second-order valence-corrected chi connectivity index (χ2v) is 5.02. The lowest BCUT2D eigenvalue weighted by Crippen LogP contribution is -2.34. The van der Waals surface area contributed by atoms with Crippen molar-refractivity contribution in [1.82, 2.24) is 19.8 Å². The van der Waals surface area contributed by atoms with Crippen molar-refractivity contribution in [2.24, 2.45) is 0 Å². The highest BCUT2D eigenvalue weighted by atomic mass is 35.5. The maximum Gasteiger partial charge on any atom is 0.236 e. The molecule has 0 unspecified atom stereocenters. The van der Waals surface area contributed by atoms with Gasteiger partial charge < -0.3 is 4.90 Å². The Morgan fingerprint density at radius 3 is 2.89 bits per heavy atom. The number of hydrogen-bond acceptors (Lipinski definition) is 4. The third-order valence-electron chi connectivity index (χ3n) is 2.99. The first kappa shape index (κ1) is 13.2. The van der Waals surface area contributed by atoms with Gasteiger partial charge >= 0.3 is 0 Å². The first-order valence-electron chi connectivity index (χ1n) is 6.01. The molecule has 1 aliphatic rings. The fourth-order valence-electron chi connectivity index (χ4n) is 2.04. The number of rotatable bonds is 2. The fourth-order valence-corrected chi connectivity index (χ4v) is 2.30. The number of aromatic nitrogens is 2. The maximum absolute atomic E-state index is 11.8. The van der Waals surface area contributed by atoms with E-state index in [0.717, 1.165) is 25.2 Å². The lowest BCUT2D eigenvalue weighted by molar-refractivity contribution is -0.130. The highest BCUT2D eigenvalue weighted by molar-refractivity contribution is 6.29. The summed E-state index contributed by atoms with van der Waals surface area (Å²) in [6.07, 6.45) is 0.974. The molecule has 0 bridgehead atoms. The van der Waals surface area contributed by atoms with Crippen LogP contribution in [0.15, 0.2) is 6.07 Å². The van der Waals surface area contributed by atoms with Gasteiger partial charge in [-0.3, -0.25) is 9.69 Å². The van der Waals surface area contributed by atoms with Gasteiger partial charge in [0.25, 0.3) is 0 Å². The average molecular weight is 269 g/mol. The number of halogens is 1. The molecule has 0 saturated carbocycles. The van der Waals surface area contributed by atoms with E-state index in [2.05, 4.69) is 14.9 Å². The standard InChI is InChI=1S/C12H17ClN4O/c1-9-6-10(13)15-11(14-9)7-17-5-3-4-16(2)12(18)8-17/h6H,3-5,7-8H2,1-2H3. The van der Waals surface area contributed by atoms with E-state index in [0.29, 0.717) is 24.1 Å². The van der Waals surface area contributed by atoms with Gasteiger partial charge in [0.2, 0.25) is 5.91 Å². The van der Waals surface area contributed by atoms with Crippen molar-refractivity contribution in [1.29, 1.82) is 0 Å². The van der Waals surface area contributed by atoms with Crippen molar-refractivity contribution in [3.05, 3.63) is 22.7 Å². The summed E-state index contributed by atoms with van der Waals surface area (Å²) in [5.74, 6) is 0.823. The molecule has 0 radical (unpaired) electrons. The third-order valence-corrected chi connectivity index (χ3v) is 3.18. The van der Waals surface area contributed by atoms with Gasteiger partial charge in [0, 0.05) is 25.8 Å². The second kappa shape index (κ2) is 5.63. The van der Waals surface area contributed by atoms with Crippen molar-refractivity contribution in [3.63, 3.8) is 0 Å². The highest BCUT2D eigenvalue weighted by Crippen LogP contribution is 2.10. The van der Waals surface area contributed by atoms with Crippen molar-refractivity contribution < 1.29 is 4.79 Å². The molecule has 2 rings (SSSR count). The van der Waals surface area contributed by atoms with Crippen molar-refractivity contribution in [3.8, 4) is 0 Å². The molecule has 1 aromatic heterocycles. The van der Waals surface area contributed by atoms with Crippen LogP contribution in [0.2, 0.25) is 5.15 Å². The van der Waals surface area contributed by atoms with E-state index in [1.54, 1.807) is 11.0 Å². The summed E-state index contributed by atoms with van der Waals surface area (Å²) in [4.78, 5) is 24.1. The molecule has 0 aliphatic carbocycles. The van der Waals surface area contributed by atoms with E-state index in [-0.39, 0.29) is 5.91 Å². The molecule has 1 aromatic rings. The topological polar surface area (TPSA) is 49.3 Å². The van der Waals surface area contributed by atoms with E-state index < -0.39 is 0 Å². The Labute approximate surface area is 112 Å². The van der Waals surface area contributed by atoms with Gasteiger partial charge in [-0.25, -0.2) is 9.97 Å². The Hall–Kier alpha value is -1.20. The zero-order valence-corrected chi connectivity index (χ0v) is 11.4. The number of nitrogens with zero attached hydrogens (tertiary/aromatic N) is 4. The Kier molecular flexibility index (Phi) is 4.14. The third kappa shape index (κ3) is 3.40. The summed E-state index contributed by atoms with van der Waals surface area (Å²) in [5, 5.41) is 0.454. The van der Waals surface area contributed by atoms with Crippen LogP contribution in [-0.4, -0.2) is 52.4 Å². The van der Waals surface area contributed by atoms with E-state index in [9.17, 15) is 4.79 Å². The quantitative estimate of drug-likeness (QED) is 0.754. The smallest absolute Gasteiger partial charge is 0.236 e. The Morgan fingerprint density at radius 2 is 2.17 bits per heavy atom. The van der Waals surface area contributed by atoms with Crippen LogP contribution in [0, 0.1) is 6.92 Å². The lowest BCUT2D eigenvalue weighted by Gasteiger charge is -2.18. The molecular formula is C12H17ClN4O. The molecule has 0 atom stereocenters. The van der Waals surface area contributed by atoms with E-state index in [4.69, 9.17) is 11.6 Å². The van der Waals surface area contributed by atoms with Crippen LogP contribution in [0.5, 0.6) is 0 Å². The number of aryl methyl sites for hydroxylation is 1. The molecule has 2 heterocycles. The minimum Gasteiger partial charge on any atom is -0.345 e. The van der Waals surface area contributed by atoms with Crippen molar-refractivity contribution in [2.45, 2.75) is 19.9 Å². The van der Waals surface area contributed by atoms with Gasteiger partial charge in [-0.15, -0.1) is 0 Å². The summed E-state index contributed by atoms with van der Waals surface area (Å²) in [6, 6.07) is 1.73. The molecular weight excluding hydrogens is 252 g/mol. The first-order valence-corrected chi connectivity index (χ1v) is 6.39.